The molecule has 0 atom stereocenters. The van der Waals surface area contributed by atoms with E-state index < -0.39 is 0 Å². The fraction of sp³-hybridized carbons (Fsp3) is 0.0909. The number of pyridine rings is 1. The van der Waals surface area contributed by atoms with Gasteiger partial charge in [0.2, 0.25) is 0 Å². The first-order chi connectivity index (χ1) is 13.2. The van der Waals surface area contributed by atoms with Gasteiger partial charge in [-0.05, 0) is 23.3 Å². The molecule has 0 saturated carbocycles. The molecule has 4 aromatic rings. The van der Waals surface area contributed by atoms with Crippen LogP contribution in [0.15, 0.2) is 83.8 Å². The Morgan fingerprint density at radius 3 is 2.30 bits per heavy atom. The van der Waals surface area contributed by atoms with Crippen LogP contribution in [0.3, 0.4) is 0 Å². The summed E-state index contributed by atoms with van der Waals surface area (Å²) >= 11 is 1.34. The summed E-state index contributed by atoms with van der Waals surface area (Å²) in [4.78, 5) is 25.8. The zero-order valence-corrected chi connectivity index (χ0v) is 15.4. The molecule has 1 N–H and O–H groups in total. The predicted octanol–water partition coefficient (Wildman–Crippen LogP) is 4.04. The molecule has 0 fully saturated rings. The highest BCUT2D eigenvalue weighted by Crippen LogP contribution is 2.23. The van der Waals surface area contributed by atoms with E-state index in [0.717, 1.165) is 15.8 Å². The normalized spacial score (nSPS) is 10.8. The second-order valence-corrected chi connectivity index (χ2v) is 7.38. The fourth-order valence-corrected chi connectivity index (χ4v) is 3.92. The van der Waals surface area contributed by atoms with Gasteiger partial charge in [-0.2, -0.15) is 0 Å². The van der Waals surface area contributed by atoms with Crippen molar-refractivity contribution in [3.8, 4) is 0 Å². The van der Waals surface area contributed by atoms with Crippen molar-refractivity contribution >= 4 is 27.3 Å². The second-order valence-electron chi connectivity index (χ2n) is 6.29. The number of hydrogen-bond acceptors (Lipinski definition) is 3. The molecular weight excluding hydrogens is 356 g/mol. The van der Waals surface area contributed by atoms with E-state index in [9.17, 15) is 9.59 Å². The smallest absolute Gasteiger partial charge is 0.261 e. The SMILES string of the molecule is O=C(NCc1ccccc1)c1cc2c(=O)n(Cc3ccccc3)ccc2s1. The molecular formula is C22H18N2O2S. The van der Waals surface area contributed by atoms with Crippen molar-refractivity contribution in [3.05, 3.63) is 105 Å². The first-order valence-corrected chi connectivity index (χ1v) is 9.51. The number of carbonyl (C=O) groups excluding carboxylic acids is 1. The molecule has 0 unspecified atom stereocenters. The van der Waals surface area contributed by atoms with E-state index >= 15 is 0 Å². The Labute approximate surface area is 160 Å². The third-order valence-electron chi connectivity index (χ3n) is 4.37. The first kappa shape index (κ1) is 17.2. The van der Waals surface area contributed by atoms with Crippen LogP contribution in [-0.2, 0) is 13.1 Å². The zero-order valence-electron chi connectivity index (χ0n) is 14.6. The maximum Gasteiger partial charge on any atom is 0.261 e. The number of nitrogens with zero attached hydrogens (tertiary/aromatic N) is 1. The van der Waals surface area contributed by atoms with Gasteiger partial charge in [0.05, 0.1) is 16.8 Å². The third kappa shape index (κ3) is 3.83. The molecule has 2 heterocycles. The van der Waals surface area contributed by atoms with E-state index in [1.54, 1.807) is 16.8 Å². The lowest BCUT2D eigenvalue weighted by molar-refractivity contribution is 0.0955. The molecule has 134 valence electrons. The van der Waals surface area contributed by atoms with E-state index in [1.807, 2.05) is 66.7 Å². The minimum absolute atomic E-state index is 0.0743. The molecule has 0 aliphatic carbocycles. The Morgan fingerprint density at radius 2 is 1.59 bits per heavy atom. The monoisotopic (exact) mass is 374 g/mol. The molecule has 0 saturated heterocycles. The fourth-order valence-electron chi connectivity index (χ4n) is 2.96. The molecule has 27 heavy (non-hydrogen) atoms. The quantitative estimate of drug-likeness (QED) is 0.573. The highest BCUT2D eigenvalue weighted by atomic mass is 32.1. The summed E-state index contributed by atoms with van der Waals surface area (Å²) in [6.07, 6.45) is 1.79. The van der Waals surface area contributed by atoms with E-state index in [1.165, 1.54) is 11.3 Å². The molecule has 2 aromatic heterocycles. The number of fused-ring (bicyclic) bond motifs is 1. The molecule has 0 spiro atoms. The lowest BCUT2D eigenvalue weighted by Gasteiger charge is -2.05. The van der Waals surface area contributed by atoms with Gasteiger partial charge in [0, 0.05) is 17.4 Å². The standard InChI is InChI=1S/C22H18N2O2S/c25-21(23-14-16-7-3-1-4-8-16)20-13-18-19(27-20)11-12-24(22(18)26)15-17-9-5-2-6-10-17/h1-13H,14-15H2,(H,23,25). The van der Waals surface area contributed by atoms with Crippen LogP contribution in [0.4, 0.5) is 0 Å². The molecule has 0 radical (unpaired) electrons. The Bertz CT molecular complexity index is 1130. The first-order valence-electron chi connectivity index (χ1n) is 8.70. The number of hydrogen-bond donors (Lipinski definition) is 1. The third-order valence-corrected chi connectivity index (χ3v) is 5.47. The lowest BCUT2D eigenvalue weighted by atomic mass is 10.2. The molecule has 0 aliphatic rings. The number of aromatic nitrogens is 1. The summed E-state index contributed by atoms with van der Waals surface area (Å²) in [5.41, 5.74) is 2.03. The maximum absolute atomic E-state index is 12.8. The summed E-state index contributed by atoms with van der Waals surface area (Å²) in [6, 6.07) is 23.2. The summed E-state index contributed by atoms with van der Waals surface area (Å²) in [7, 11) is 0. The Kier molecular flexibility index (Phi) is 4.85. The van der Waals surface area contributed by atoms with E-state index in [-0.39, 0.29) is 11.5 Å². The van der Waals surface area contributed by atoms with Crippen molar-refractivity contribution in [2.75, 3.05) is 0 Å². The Morgan fingerprint density at radius 1 is 0.926 bits per heavy atom. The number of rotatable bonds is 5. The van der Waals surface area contributed by atoms with Crippen molar-refractivity contribution in [2.24, 2.45) is 0 Å². The number of carbonyl (C=O) groups is 1. The predicted molar refractivity (Wildman–Crippen MR) is 109 cm³/mol. The zero-order chi connectivity index (χ0) is 18.6. The Balaban J connectivity index is 1.56. The van der Waals surface area contributed by atoms with Crippen LogP contribution >= 0.6 is 11.3 Å². The number of amides is 1. The molecule has 1 amide bonds. The van der Waals surface area contributed by atoms with Gasteiger partial charge >= 0.3 is 0 Å². The minimum Gasteiger partial charge on any atom is -0.347 e. The summed E-state index contributed by atoms with van der Waals surface area (Å²) in [6.45, 7) is 0.979. The van der Waals surface area contributed by atoms with E-state index in [2.05, 4.69) is 5.32 Å². The highest BCUT2D eigenvalue weighted by molar-refractivity contribution is 7.20. The minimum atomic E-state index is -0.158. The average molecular weight is 374 g/mol. The van der Waals surface area contributed by atoms with E-state index in [0.29, 0.717) is 23.4 Å². The van der Waals surface area contributed by atoms with Crippen molar-refractivity contribution in [2.45, 2.75) is 13.1 Å². The molecule has 5 heteroatoms. The molecule has 0 bridgehead atoms. The number of nitrogens with one attached hydrogen (secondary N) is 1. The van der Waals surface area contributed by atoms with Crippen molar-refractivity contribution in [1.82, 2.24) is 9.88 Å². The second kappa shape index (κ2) is 7.60. The Hall–Kier alpha value is -3.18. The van der Waals surface area contributed by atoms with Crippen LogP contribution in [0.2, 0.25) is 0 Å². The van der Waals surface area contributed by atoms with Crippen LogP contribution < -0.4 is 10.9 Å². The van der Waals surface area contributed by atoms with Crippen LogP contribution in [0.1, 0.15) is 20.8 Å². The van der Waals surface area contributed by atoms with Gasteiger partial charge in [-0.1, -0.05) is 60.7 Å². The summed E-state index contributed by atoms with van der Waals surface area (Å²) in [5.74, 6) is -0.158. The van der Waals surface area contributed by atoms with Crippen LogP contribution in [0, 0.1) is 0 Å². The highest BCUT2D eigenvalue weighted by Gasteiger charge is 2.13. The molecule has 0 aliphatic heterocycles. The summed E-state index contributed by atoms with van der Waals surface area (Å²) < 4.78 is 2.50. The molecule has 2 aromatic carbocycles. The lowest BCUT2D eigenvalue weighted by Crippen LogP contribution is -2.22. The van der Waals surface area contributed by atoms with Gasteiger partial charge in [-0.3, -0.25) is 9.59 Å². The van der Waals surface area contributed by atoms with Gasteiger partial charge in [0.1, 0.15) is 0 Å². The number of benzene rings is 2. The maximum atomic E-state index is 12.8. The largest absolute Gasteiger partial charge is 0.347 e. The van der Waals surface area contributed by atoms with Gasteiger partial charge in [-0.15, -0.1) is 11.3 Å². The van der Waals surface area contributed by atoms with Gasteiger partial charge in [0.25, 0.3) is 11.5 Å². The van der Waals surface area contributed by atoms with Crippen LogP contribution in [-0.4, -0.2) is 10.5 Å². The van der Waals surface area contributed by atoms with Gasteiger partial charge in [0.15, 0.2) is 0 Å². The van der Waals surface area contributed by atoms with Gasteiger partial charge in [-0.25, -0.2) is 0 Å². The van der Waals surface area contributed by atoms with Gasteiger partial charge < -0.3 is 9.88 Å². The summed E-state index contributed by atoms with van der Waals surface area (Å²) in [5, 5.41) is 3.50. The topological polar surface area (TPSA) is 51.1 Å². The van der Waals surface area contributed by atoms with E-state index in [4.69, 9.17) is 0 Å². The van der Waals surface area contributed by atoms with Crippen molar-refractivity contribution in [1.29, 1.82) is 0 Å². The molecule has 4 rings (SSSR count). The number of thiophene rings is 1. The molecule has 4 nitrogen and oxygen atoms in total. The van der Waals surface area contributed by atoms with Crippen molar-refractivity contribution < 1.29 is 4.79 Å². The van der Waals surface area contributed by atoms with Crippen LogP contribution in [0.5, 0.6) is 0 Å². The van der Waals surface area contributed by atoms with Crippen LogP contribution in [0.25, 0.3) is 10.1 Å². The average Bonchev–Trinajstić information content (AvgIpc) is 3.15. The van der Waals surface area contributed by atoms with Crippen molar-refractivity contribution in [3.63, 3.8) is 0 Å².